The lowest BCUT2D eigenvalue weighted by Crippen LogP contribution is -1.82. The Balaban J connectivity index is 2.02. The van der Waals surface area contributed by atoms with E-state index < -0.39 is 0 Å². The van der Waals surface area contributed by atoms with Crippen molar-refractivity contribution < 1.29 is 0 Å². The normalized spacial score (nSPS) is 10.8. The molecular weight excluding hydrogens is 264 g/mol. The topological polar surface area (TPSA) is 51.6 Å². The third kappa shape index (κ3) is 2.04. The van der Waals surface area contributed by atoms with E-state index in [4.69, 9.17) is 0 Å². The van der Waals surface area contributed by atoms with Crippen molar-refractivity contribution >= 4 is 22.7 Å². The number of aromatic nitrogens is 4. The standard InChI is InChI=1S/C12H10N4S2/c1-7-11(18-8(2)15-7)10-5-17-12(16-10)9-3-13-6-14-4-9/h3-6H,1-2H3. The van der Waals surface area contributed by atoms with Crippen LogP contribution in [0, 0.1) is 13.8 Å². The minimum Gasteiger partial charge on any atom is -0.246 e. The number of hydrogen-bond acceptors (Lipinski definition) is 6. The first-order valence-corrected chi connectivity index (χ1v) is 7.09. The van der Waals surface area contributed by atoms with Crippen LogP contribution in [-0.2, 0) is 0 Å². The summed E-state index contributed by atoms with van der Waals surface area (Å²) < 4.78 is 0. The Morgan fingerprint density at radius 2 is 1.83 bits per heavy atom. The summed E-state index contributed by atoms with van der Waals surface area (Å²) in [6.45, 7) is 4.03. The molecule has 0 aromatic carbocycles. The molecule has 0 bridgehead atoms. The Bertz CT molecular complexity index is 672. The molecule has 0 N–H and O–H groups in total. The summed E-state index contributed by atoms with van der Waals surface area (Å²) in [7, 11) is 0. The van der Waals surface area contributed by atoms with E-state index in [1.807, 2.05) is 13.8 Å². The highest BCUT2D eigenvalue weighted by molar-refractivity contribution is 7.16. The van der Waals surface area contributed by atoms with E-state index in [0.29, 0.717) is 0 Å². The smallest absolute Gasteiger partial charge is 0.127 e. The van der Waals surface area contributed by atoms with Gasteiger partial charge < -0.3 is 0 Å². The summed E-state index contributed by atoms with van der Waals surface area (Å²) in [5.41, 5.74) is 2.98. The highest BCUT2D eigenvalue weighted by Gasteiger charge is 2.12. The van der Waals surface area contributed by atoms with Crippen LogP contribution in [0.25, 0.3) is 21.1 Å². The van der Waals surface area contributed by atoms with E-state index in [-0.39, 0.29) is 0 Å². The van der Waals surface area contributed by atoms with E-state index in [0.717, 1.165) is 31.8 Å². The van der Waals surface area contributed by atoms with Crippen molar-refractivity contribution in [2.75, 3.05) is 0 Å². The second-order valence-electron chi connectivity index (χ2n) is 3.81. The Morgan fingerprint density at radius 3 is 2.50 bits per heavy atom. The van der Waals surface area contributed by atoms with E-state index in [1.165, 1.54) is 6.33 Å². The SMILES string of the molecule is Cc1nc(C)c(-c2csc(-c3cncnc3)n2)s1. The van der Waals surface area contributed by atoms with Gasteiger partial charge in [0.25, 0.3) is 0 Å². The van der Waals surface area contributed by atoms with E-state index in [2.05, 4.69) is 25.3 Å². The van der Waals surface area contributed by atoms with Gasteiger partial charge in [0.2, 0.25) is 0 Å². The van der Waals surface area contributed by atoms with Gasteiger partial charge in [-0.3, -0.25) is 0 Å². The first-order chi connectivity index (χ1) is 8.74. The molecule has 3 aromatic rings. The molecule has 6 heteroatoms. The lowest BCUT2D eigenvalue weighted by Gasteiger charge is -1.93. The van der Waals surface area contributed by atoms with E-state index >= 15 is 0 Å². The van der Waals surface area contributed by atoms with Gasteiger partial charge in [-0.15, -0.1) is 22.7 Å². The van der Waals surface area contributed by atoms with Gasteiger partial charge in [0, 0.05) is 23.3 Å². The maximum Gasteiger partial charge on any atom is 0.127 e. The number of rotatable bonds is 2. The van der Waals surface area contributed by atoms with Gasteiger partial charge in [0.1, 0.15) is 11.3 Å². The van der Waals surface area contributed by atoms with Crippen molar-refractivity contribution in [1.82, 2.24) is 19.9 Å². The molecule has 0 unspecified atom stereocenters. The molecule has 90 valence electrons. The van der Waals surface area contributed by atoms with Crippen LogP contribution < -0.4 is 0 Å². The Kier molecular flexibility index (Phi) is 2.89. The third-order valence-corrected chi connectivity index (χ3v) is 4.43. The molecule has 0 amide bonds. The molecule has 3 aromatic heterocycles. The van der Waals surface area contributed by atoms with Gasteiger partial charge in [-0.2, -0.15) is 0 Å². The van der Waals surface area contributed by atoms with E-state index in [1.54, 1.807) is 35.1 Å². The zero-order valence-electron chi connectivity index (χ0n) is 9.91. The molecule has 0 saturated heterocycles. The van der Waals surface area contributed by atoms with Crippen molar-refractivity contribution in [2.24, 2.45) is 0 Å². The van der Waals surface area contributed by atoms with Crippen molar-refractivity contribution in [3.05, 3.63) is 34.8 Å². The molecule has 0 aliphatic heterocycles. The number of thiazole rings is 2. The summed E-state index contributed by atoms with van der Waals surface area (Å²) >= 11 is 3.28. The summed E-state index contributed by atoms with van der Waals surface area (Å²) in [6.07, 6.45) is 5.08. The fourth-order valence-electron chi connectivity index (χ4n) is 1.69. The molecule has 3 rings (SSSR count). The highest BCUT2D eigenvalue weighted by atomic mass is 32.1. The fraction of sp³-hybridized carbons (Fsp3) is 0.167. The fourth-order valence-corrected chi connectivity index (χ4v) is 3.43. The van der Waals surface area contributed by atoms with Crippen LogP contribution in [-0.4, -0.2) is 19.9 Å². The van der Waals surface area contributed by atoms with E-state index in [9.17, 15) is 0 Å². The maximum absolute atomic E-state index is 4.63. The second-order valence-corrected chi connectivity index (χ2v) is 5.87. The van der Waals surface area contributed by atoms with Crippen molar-refractivity contribution in [2.45, 2.75) is 13.8 Å². The first kappa shape index (κ1) is 11.4. The Morgan fingerprint density at radius 1 is 1.06 bits per heavy atom. The summed E-state index contributed by atoms with van der Waals surface area (Å²) in [5.74, 6) is 0. The Hall–Kier alpha value is -1.66. The van der Waals surface area contributed by atoms with Crippen LogP contribution in [0.3, 0.4) is 0 Å². The number of hydrogen-bond donors (Lipinski definition) is 0. The monoisotopic (exact) mass is 274 g/mol. The van der Waals surface area contributed by atoms with Crippen molar-refractivity contribution in [3.8, 4) is 21.1 Å². The zero-order chi connectivity index (χ0) is 12.5. The van der Waals surface area contributed by atoms with Gasteiger partial charge in [-0.1, -0.05) is 0 Å². The average Bonchev–Trinajstić information content (AvgIpc) is 2.97. The molecule has 0 aliphatic carbocycles. The first-order valence-electron chi connectivity index (χ1n) is 5.39. The Labute approximate surface area is 112 Å². The molecule has 4 nitrogen and oxygen atoms in total. The van der Waals surface area contributed by atoms with Crippen molar-refractivity contribution in [1.29, 1.82) is 0 Å². The van der Waals surface area contributed by atoms with Gasteiger partial charge in [0.15, 0.2) is 0 Å². The van der Waals surface area contributed by atoms with Crippen LogP contribution in [0.5, 0.6) is 0 Å². The predicted molar refractivity (Wildman–Crippen MR) is 73.7 cm³/mol. The lowest BCUT2D eigenvalue weighted by molar-refractivity contribution is 1.17. The quantitative estimate of drug-likeness (QED) is 0.719. The van der Waals surface area contributed by atoms with Gasteiger partial charge >= 0.3 is 0 Å². The van der Waals surface area contributed by atoms with Crippen molar-refractivity contribution in [3.63, 3.8) is 0 Å². The van der Waals surface area contributed by atoms with Crippen LogP contribution in [0.4, 0.5) is 0 Å². The van der Waals surface area contributed by atoms with Crippen LogP contribution in [0.1, 0.15) is 10.7 Å². The summed E-state index contributed by atoms with van der Waals surface area (Å²) in [6, 6.07) is 0. The van der Waals surface area contributed by atoms with Crippen LogP contribution in [0.15, 0.2) is 24.1 Å². The summed E-state index contributed by atoms with van der Waals surface area (Å²) in [4.78, 5) is 18.2. The van der Waals surface area contributed by atoms with Crippen LogP contribution in [0.2, 0.25) is 0 Å². The molecule has 0 saturated carbocycles. The second kappa shape index (κ2) is 4.55. The summed E-state index contributed by atoms with van der Waals surface area (Å²) in [5, 5.41) is 4.07. The molecule has 3 heterocycles. The minimum absolute atomic E-state index is 0.941. The number of nitrogens with zero attached hydrogens (tertiary/aromatic N) is 4. The molecule has 0 spiro atoms. The van der Waals surface area contributed by atoms with Gasteiger partial charge in [-0.25, -0.2) is 19.9 Å². The molecule has 0 fully saturated rings. The molecular formula is C12H10N4S2. The lowest BCUT2D eigenvalue weighted by atomic mass is 10.3. The maximum atomic E-state index is 4.63. The van der Waals surface area contributed by atoms with Gasteiger partial charge in [-0.05, 0) is 13.8 Å². The highest BCUT2D eigenvalue weighted by Crippen LogP contribution is 2.33. The van der Waals surface area contributed by atoms with Gasteiger partial charge in [0.05, 0.1) is 21.3 Å². The predicted octanol–water partition coefficient (Wildman–Crippen LogP) is 3.34. The number of aryl methyl sites for hydroxylation is 2. The average molecular weight is 274 g/mol. The molecule has 0 aliphatic rings. The third-order valence-electron chi connectivity index (χ3n) is 2.45. The zero-order valence-corrected chi connectivity index (χ0v) is 11.5. The molecule has 0 atom stereocenters. The molecule has 18 heavy (non-hydrogen) atoms. The largest absolute Gasteiger partial charge is 0.246 e. The van der Waals surface area contributed by atoms with Crippen LogP contribution >= 0.6 is 22.7 Å². The minimum atomic E-state index is 0.941. The molecule has 0 radical (unpaired) electrons.